The minimum absolute atomic E-state index is 0.378. The fraction of sp³-hybridized carbons (Fsp3) is 0.667. The molecule has 1 N–H and O–H groups in total. The standard InChI is InChI=1S/C18H29NO2/c1-18(2)10-5-4-9-17(18)19-16-8-6-7-15(13-16)14-21-12-11-20-3/h6-8,13,17,19H,4-5,9-12,14H2,1-3H3. The highest BCUT2D eigenvalue weighted by molar-refractivity contribution is 5.46. The molecule has 0 spiro atoms. The summed E-state index contributed by atoms with van der Waals surface area (Å²) in [4.78, 5) is 0. The summed E-state index contributed by atoms with van der Waals surface area (Å²) in [5, 5.41) is 3.73. The lowest BCUT2D eigenvalue weighted by atomic mass is 9.73. The van der Waals surface area contributed by atoms with E-state index in [0.29, 0.717) is 31.3 Å². The van der Waals surface area contributed by atoms with E-state index in [1.54, 1.807) is 7.11 Å². The molecule has 3 heteroatoms. The first kappa shape index (κ1) is 16.3. The Morgan fingerprint density at radius 1 is 1.24 bits per heavy atom. The Hall–Kier alpha value is -1.06. The van der Waals surface area contributed by atoms with Gasteiger partial charge in [-0.3, -0.25) is 0 Å². The molecule has 0 aromatic heterocycles. The van der Waals surface area contributed by atoms with Gasteiger partial charge in [0.15, 0.2) is 0 Å². The van der Waals surface area contributed by atoms with Gasteiger partial charge in [-0.15, -0.1) is 0 Å². The van der Waals surface area contributed by atoms with Crippen LogP contribution in [0, 0.1) is 5.41 Å². The van der Waals surface area contributed by atoms with E-state index in [0.717, 1.165) is 0 Å². The molecule has 1 atom stereocenters. The highest BCUT2D eigenvalue weighted by Gasteiger charge is 2.31. The summed E-state index contributed by atoms with van der Waals surface area (Å²) in [5.41, 5.74) is 2.80. The van der Waals surface area contributed by atoms with Gasteiger partial charge in [0, 0.05) is 18.8 Å². The van der Waals surface area contributed by atoms with Crippen molar-refractivity contribution in [2.24, 2.45) is 5.41 Å². The van der Waals surface area contributed by atoms with Crippen molar-refractivity contribution >= 4 is 5.69 Å². The molecule has 21 heavy (non-hydrogen) atoms. The second-order valence-electron chi connectivity index (χ2n) is 6.68. The van der Waals surface area contributed by atoms with Crippen molar-refractivity contribution in [3.05, 3.63) is 29.8 Å². The summed E-state index contributed by atoms with van der Waals surface area (Å²) >= 11 is 0. The Labute approximate surface area is 129 Å². The number of methoxy groups -OCH3 is 1. The predicted octanol–water partition coefficient (Wildman–Crippen LogP) is 4.23. The number of nitrogens with one attached hydrogen (secondary N) is 1. The highest BCUT2D eigenvalue weighted by Crippen LogP contribution is 2.37. The lowest BCUT2D eigenvalue weighted by Gasteiger charge is -2.39. The number of hydrogen-bond donors (Lipinski definition) is 1. The third-order valence-electron chi connectivity index (χ3n) is 4.48. The SMILES string of the molecule is COCCOCc1cccc(NC2CCCCC2(C)C)c1. The molecule has 1 unspecified atom stereocenters. The van der Waals surface area contributed by atoms with Crippen molar-refractivity contribution in [1.29, 1.82) is 0 Å². The molecule has 1 aliphatic rings. The summed E-state index contributed by atoms with van der Waals surface area (Å²) in [6, 6.07) is 9.15. The predicted molar refractivity (Wildman–Crippen MR) is 87.6 cm³/mol. The van der Waals surface area contributed by atoms with E-state index in [9.17, 15) is 0 Å². The van der Waals surface area contributed by atoms with Gasteiger partial charge in [0.05, 0.1) is 19.8 Å². The van der Waals surface area contributed by atoms with Crippen LogP contribution in [-0.2, 0) is 16.1 Å². The second-order valence-corrected chi connectivity index (χ2v) is 6.68. The van der Waals surface area contributed by atoms with Crippen molar-refractivity contribution in [2.45, 2.75) is 52.2 Å². The van der Waals surface area contributed by atoms with Crippen molar-refractivity contribution in [1.82, 2.24) is 0 Å². The Kier molecular flexibility index (Phi) is 6.07. The van der Waals surface area contributed by atoms with Crippen molar-refractivity contribution in [2.75, 3.05) is 25.6 Å². The van der Waals surface area contributed by atoms with Gasteiger partial charge < -0.3 is 14.8 Å². The van der Waals surface area contributed by atoms with Gasteiger partial charge in [0.1, 0.15) is 0 Å². The lowest BCUT2D eigenvalue weighted by molar-refractivity contribution is 0.0617. The fourth-order valence-electron chi connectivity index (χ4n) is 3.05. The Balaban J connectivity index is 1.91. The van der Waals surface area contributed by atoms with Crippen LogP contribution in [0.5, 0.6) is 0 Å². The van der Waals surface area contributed by atoms with Gasteiger partial charge in [-0.05, 0) is 36.0 Å². The van der Waals surface area contributed by atoms with Crippen molar-refractivity contribution < 1.29 is 9.47 Å². The molecular weight excluding hydrogens is 262 g/mol. The molecular formula is C18H29NO2. The molecule has 0 amide bonds. The quantitative estimate of drug-likeness (QED) is 0.763. The van der Waals surface area contributed by atoms with Crippen LogP contribution < -0.4 is 5.32 Å². The minimum Gasteiger partial charge on any atom is -0.382 e. The fourth-order valence-corrected chi connectivity index (χ4v) is 3.05. The third-order valence-corrected chi connectivity index (χ3v) is 4.48. The average Bonchev–Trinajstić information content (AvgIpc) is 2.46. The van der Waals surface area contributed by atoms with E-state index in [1.807, 2.05) is 0 Å². The first-order valence-corrected chi connectivity index (χ1v) is 8.04. The number of rotatable bonds is 7. The Bertz CT molecular complexity index is 431. The maximum absolute atomic E-state index is 5.59. The zero-order valence-electron chi connectivity index (χ0n) is 13.7. The molecule has 1 aromatic carbocycles. The van der Waals surface area contributed by atoms with Crippen LogP contribution in [0.1, 0.15) is 45.1 Å². The van der Waals surface area contributed by atoms with Crippen molar-refractivity contribution in [3.8, 4) is 0 Å². The molecule has 0 radical (unpaired) electrons. The van der Waals surface area contributed by atoms with Crippen molar-refractivity contribution in [3.63, 3.8) is 0 Å². The summed E-state index contributed by atoms with van der Waals surface area (Å²) in [6.45, 7) is 6.69. The topological polar surface area (TPSA) is 30.5 Å². The molecule has 3 nitrogen and oxygen atoms in total. The van der Waals surface area contributed by atoms with E-state index >= 15 is 0 Å². The Morgan fingerprint density at radius 2 is 2.10 bits per heavy atom. The minimum atomic E-state index is 0.378. The van der Waals surface area contributed by atoms with Gasteiger partial charge in [-0.2, -0.15) is 0 Å². The van der Waals surface area contributed by atoms with Gasteiger partial charge in [0.25, 0.3) is 0 Å². The first-order valence-electron chi connectivity index (χ1n) is 8.04. The normalized spacial score (nSPS) is 21.2. The smallest absolute Gasteiger partial charge is 0.0718 e. The van der Waals surface area contributed by atoms with Crippen LogP contribution >= 0.6 is 0 Å². The second kappa shape index (κ2) is 7.81. The molecule has 1 saturated carbocycles. The van der Waals surface area contributed by atoms with Gasteiger partial charge in [-0.25, -0.2) is 0 Å². The molecule has 1 aromatic rings. The zero-order chi connectivity index (χ0) is 15.1. The van der Waals surface area contributed by atoms with Crippen LogP contribution in [0.4, 0.5) is 5.69 Å². The van der Waals surface area contributed by atoms with E-state index in [-0.39, 0.29) is 0 Å². The zero-order valence-corrected chi connectivity index (χ0v) is 13.7. The molecule has 2 rings (SSSR count). The van der Waals surface area contributed by atoms with Crippen LogP contribution in [0.2, 0.25) is 0 Å². The molecule has 1 fully saturated rings. The molecule has 118 valence electrons. The van der Waals surface area contributed by atoms with E-state index in [1.165, 1.54) is 36.9 Å². The van der Waals surface area contributed by atoms with Gasteiger partial charge in [0.2, 0.25) is 0 Å². The largest absolute Gasteiger partial charge is 0.382 e. The Morgan fingerprint density at radius 3 is 2.86 bits per heavy atom. The summed E-state index contributed by atoms with van der Waals surface area (Å²) in [6.07, 6.45) is 5.27. The van der Waals surface area contributed by atoms with Gasteiger partial charge >= 0.3 is 0 Å². The maximum atomic E-state index is 5.59. The lowest BCUT2D eigenvalue weighted by Crippen LogP contribution is -2.38. The molecule has 0 heterocycles. The van der Waals surface area contributed by atoms with E-state index < -0.39 is 0 Å². The van der Waals surface area contributed by atoms with Crippen LogP contribution in [0.15, 0.2) is 24.3 Å². The summed E-state index contributed by atoms with van der Waals surface area (Å²) in [7, 11) is 1.69. The number of anilines is 1. The average molecular weight is 291 g/mol. The number of hydrogen-bond acceptors (Lipinski definition) is 3. The summed E-state index contributed by atoms with van der Waals surface area (Å²) < 4.78 is 10.6. The number of benzene rings is 1. The summed E-state index contributed by atoms with van der Waals surface area (Å²) in [5.74, 6) is 0. The maximum Gasteiger partial charge on any atom is 0.0718 e. The van der Waals surface area contributed by atoms with E-state index in [4.69, 9.17) is 9.47 Å². The first-order chi connectivity index (χ1) is 10.1. The third kappa shape index (κ3) is 5.01. The van der Waals surface area contributed by atoms with Crippen LogP contribution in [-0.4, -0.2) is 26.4 Å². The van der Waals surface area contributed by atoms with E-state index in [2.05, 4.69) is 43.4 Å². The van der Waals surface area contributed by atoms with Crippen LogP contribution in [0.3, 0.4) is 0 Å². The molecule has 1 aliphatic carbocycles. The molecule has 0 bridgehead atoms. The highest BCUT2D eigenvalue weighted by atomic mass is 16.5. The molecule has 0 aliphatic heterocycles. The van der Waals surface area contributed by atoms with Crippen LogP contribution in [0.25, 0.3) is 0 Å². The monoisotopic (exact) mass is 291 g/mol. The van der Waals surface area contributed by atoms with Gasteiger partial charge in [-0.1, -0.05) is 38.8 Å². The molecule has 0 saturated heterocycles. The number of ether oxygens (including phenoxy) is 2.